The molecule has 0 bridgehead atoms. The van der Waals surface area contributed by atoms with Crippen molar-refractivity contribution in [1.29, 1.82) is 0 Å². The van der Waals surface area contributed by atoms with Crippen molar-refractivity contribution in [2.45, 2.75) is 37.0 Å². The van der Waals surface area contributed by atoms with Gasteiger partial charge in [-0.05, 0) is 25.0 Å². The Hall–Kier alpha value is -1.99. The first-order chi connectivity index (χ1) is 12.1. The summed E-state index contributed by atoms with van der Waals surface area (Å²) in [6, 6.07) is 6.79. The van der Waals surface area contributed by atoms with Gasteiger partial charge in [-0.25, -0.2) is 13.1 Å². The molecule has 1 fully saturated rings. The first kappa shape index (κ1) is 17.8. The lowest BCUT2D eigenvalue weighted by Gasteiger charge is -2.20. The standard InChI is InChI=1S/C18H23N3O3S/c22-18(14-5-2-1-3-6-14)20-11-12-21-25(23,24)17-8-4-7-15-13-19-10-9-16(15)17/h4,7-10,13-14,21H,1-3,5-6,11-12H2,(H,20,22). The van der Waals surface area contributed by atoms with E-state index in [1.54, 1.807) is 30.6 Å². The Morgan fingerprint density at radius 3 is 2.72 bits per heavy atom. The molecule has 7 heteroatoms. The van der Waals surface area contributed by atoms with Crippen LogP contribution in [0.1, 0.15) is 32.1 Å². The van der Waals surface area contributed by atoms with E-state index in [1.165, 1.54) is 6.42 Å². The lowest BCUT2D eigenvalue weighted by Crippen LogP contribution is -2.38. The maximum atomic E-state index is 12.5. The molecule has 0 radical (unpaired) electrons. The molecule has 0 aliphatic heterocycles. The van der Waals surface area contributed by atoms with Crippen LogP contribution in [0.4, 0.5) is 0 Å². The zero-order valence-corrected chi connectivity index (χ0v) is 14.9. The molecule has 6 nitrogen and oxygen atoms in total. The molecule has 2 aromatic rings. The van der Waals surface area contributed by atoms with E-state index in [0.717, 1.165) is 31.1 Å². The summed E-state index contributed by atoms with van der Waals surface area (Å²) in [4.78, 5) is 16.3. The van der Waals surface area contributed by atoms with Gasteiger partial charge in [0.25, 0.3) is 0 Å². The van der Waals surface area contributed by atoms with Crippen molar-refractivity contribution in [3.05, 3.63) is 36.7 Å². The number of sulfonamides is 1. The summed E-state index contributed by atoms with van der Waals surface area (Å²) in [5, 5.41) is 4.25. The van der Waals surface area contributed by atoms with Crippen molar-refractivity contribution >= 4 is 26.7 Å². The molecule has 1 heterocycles. The van der Waals surface area contributed by atoms with Gasteiger partial charge in [-0.1, -0.05) is 31.4 Å². The largest absolute Gasteiger partial charge is 0.355 e. The van der Waals surface area contributed by atoms with Crippen LogP contribution in [0.15, 0.2) is 41.6 Å². The molecule has 0 saturated heterocycles. The molecule has 0 atom stereocenters. The summed E-state index contributed by atoms with van der Waals surface area (Å²) in [5.41, 5.74) is 0. The highest BCUT2D eigenvalue weighted by Gasteiger charge is 2.21. The average Bonchev–Trinajstić information content (AvgIpc) is 2.65. The van der Waals surface area contributed by atoms with Gasteiger partial charge >= 0.3 is 0 Å². The van der Waals surface area contributed by atoms with Crippen LogP contribution >= 0.6 is 0 Å². The number of pyridine rings is 1. The van der Waals surface area contributed by atoms with Gasteiger partial charge in [-0.15, -0.1) is 0 Å². The predicted octanol–water partition coefficient (Wildman–Crippen LogP) is 2.21. The molecule has 1 aliphatic carbocycles. The molecule has 1 amide bonds. The number of nitrogens with zero attached hydrogens (tertiary/aromatic N) is 1. The zero-order chi connectivity index (χ0) is 17.7. The van der Waals surface area contributed by atoms with Crippen LogP contribution in [0, 0.1) is 5.92 Å². The van der Waals surface area contributed by atoms with Gasteiger partial charge in [-0.3, -0.25) is 9.78 Å². The monoisotopic (exact) mass is 361 g/mol. The number of aromatic nitrogens is 1. The summed E-state index contributed by atoms with van der Waals surface area (Å²) >= 11 is 0. The van der Waals surface area contributed by atoms with E-state index < -0.39 is 10.0 Å². The third-order valence-electron chi connectivity index (χ3n) is 4.62. The smallest absolute Gasteiger partial charge is 0.241 e. The first-order valence-electron chi connectivity index (χ1n) is 8.68. The second kappa shape index (κ2) is 7.93. The molecule has 0 spiro atoms. The first-order valence-corrected chi connectivity index (χ1v) is 10.2. The molecule has 1 saturated carbocycles. The van der Waals surface area contributed by atoms with Gasteiger partial charge in [0.1, 0.15) is 0 Å². The fourth-order valence-corrected chi connectivity index (χ4v) is 4.54. The number of rotatable bonds is 6. The molecular weight excluding hydrogens is 338 g/mol. The maximum Gasteiger partial charge on any atom is 0.241 e. The number of benzene rings is 1. The molecule has 2 N–H and O–H groups in total. The molecular formula is C18H23N3O3S. The van der Waals surface area contributed by atoms with Gasteiger partial charge in [0, 0.05) is 42.2 Å². The topological polar surface area (TPSA) is 88.2 Å². The second-order valence-corrected chi connectivity index (χ2v) is 8.11. The minimum atomic E-state index is -3.64. The normalized spacial score (nSPS) is 16.0. The van der Waals surface area contributed by atoms with Crippen molar-refractivity contribution in [1.82, 2.24) is 15.0 Å². The second-order valence-electron chi connectivity index (χ2n) is 6.38. The highest BCUT2D eigenvalue weighted by Crippen LogP contribution is 2.23. The molecule has 1 aromatic carbocycles. The van der Waals surface area contributed by atoms with Crippen molar-refractivity contribution in [2.75, 3.05) is 13.1 Å². The number of fused-ring (bicyclic) bond motifs is 1. The van der Waals surface area contributed by atoms with E-state index in [4.69, 9.17) is 0 Å². The number of carbonyl (C=O) groups excluding carboxylic acids is 1. The van der Waals surface area contributed by atoms with Gasteiger partial charge in [0.05, 0.1) is 4.90 Å². The highest BCUT2D eigenvalue weighted by molar-refractivity contribution is 7.89. The van der Waals surface area contributed by atoms with Crippen LogP contribution in [0.3, 0.4) is 0 Å². The minimum absolute atomic E-state index is 0.0372. The van der Waals surface area contributed by atoms with E-state index in [0.29, 0.717) is 11.9 Å². The molecule has 0 unspecified atom stereocenters. The van der Waals surface area contributed by atoms with Crippen LogP contribution in [-0.4, -0.2) is 32.4 Å². The quantitative estimate of drug-likeness (QED) is 0.772. The Morgan fingerprint density at radius 2 is 1.92 bits per heavy atom. The van der Waals surface area contributed by atoms with E-state index in [9.17, 15) is 13.2 Å². The highest BCUT2D eigenvalue weighted by atomic mass is 32.2. The van der Waals surface area contributed by atoms with Crippen LogP contribution in [-0.2, 0) is 14.8 Å². The third kappa shape index (κ3) is 4.35. The van der Waals surface area contributed by atoms with Gasteiger partial charge in [0.2, 0.25) is 15.9 Å². The summed E-state index contributed by atoms with van der Waals surface area (Å²) in [6.07, 6.45) is 8.47. The summed E-state index contributed by atoms with van der Waals surface area (Å²) < 4.78 is 27.7. The molecule has 1 aliphatic rings. The molecule has 3 rings (SSSR count). The van der Waals surface area contributed by atoms with Crippen molar-refractivity contribution in [3.8, 4) is 0 Å². The summed E-state index contributed by atoms with van der Waals surface area (Å²) in [6.45, 7) is 0.461. The van der Waals surface area contributed by atoms with Crippen molar-refractivity contribution < 1.29 is 13.2 Å². The number of amides is 1. The fourth-order valence-electron chi connectivity index (χ4n) is 3.29. The Bertz CT molecular complexity index is 840. The zero-order valence-electron chi connectivity index (χ0n) is 14.1. The fraction of sp³-hybridized carbons (Fsp3) is 0.444. The number of nitrogens with one attached hydrogen (secondary N) is 2. The van der Waals surface area contributed by atoms with Gasteiger partial charge < -0.3 is 5.32 Å². The van der Waals surface area contributed by atoms with Gasteiger partial charge in [0.15, 0.2) is 0 Å². The van der Waals surface area contributed by atoms with E-state index in [-0.39, 0.29) is 23.3 Å². The van der Waals surface area contributed by atoms with Crippen LogP contribution in [0.5, 0.6) is 0 Å². The average molecular weight is 361 g/mol. The number of carbonyl (C=O) groups is 1. The Labute approximate surface area is 148 Å². The third-order valence-corrected chi connectivity index (χ3v) is 6.14. The van der Waals surface area contributed by atoms with Crippen LogP contribution < -0.4 is 10.0 Å². The Morgan fingerprint density at radius 1 is 1.12 bits per heavy atom. The lowest BCUT2D eigenvalue weighted by atomic mass is 9.89. The van der Waals surface area contributed by atoms with Gasteiger partial charge in [-0.2, -0.15) is 0 Å². The number of hydrogen-bond donors (Lipinski definition) is 2. The van der Waals surface area contributed by atoms with Crippen molar-refractivity contribution in [3.63, 3.8) is 0 Å². The van der Waals surface area contributed by atoms with Crippen LogP contribution in [0.25, 0.3) is 10.8 Å². The molecule has 134 valence electrons. The Kier molecular flexibility index (Phi) is 5.65. The van der Waals surface area contributed by atoms with E-state index >= 15 is 0 Å². The SMILES string of the molecule is O=C(NCCNS(=O)(=O)c1cccc2cnccc12)C1CCCCC1. The minimum Gasteiger partial charge on any atom is -0.355 e. The maximum absolute atomic E-state index is 12.5. The molecule has 25 heavy (non-hydrogen) atoms. The molecule has 1 aromatic heterocycles. The van der Waals surface area contributed by atoms with E-state index in [1.807, 2.05) is 6.07 Å². The summed E-state index contributed by atoms with van der Waals surface area (Å²) in [5.74, 6) is 0.117. The Balaban J connectivity index is 1.57. The van der Waals surface area contributed by atoms with Crippen LogP contribution in [0.2, 0.25) is 0 Å². The van der Waals surface area contributed by atoms with Crippen molar-refractivity contribution in [2.24, 2.45) is 5.92 Å². The predicted molar refractivity (Wildman–Crippen MR) is 96.5 cm³/mol. The number of hydrogen-bond acceptors (Lipinski definition) is 4. The summed E-state index contributed by atoms with van der Waals surface area (Å²) in [7, 11) is -3.64. The van der Waals surface area contributed by atoms with E-state index in [2.05, 4.69) is 15.0 Å². The lowest BCUT2D eigenvalue weighted by molar-refractivity contribution is -0.125.